The first-order chi connectivity index (χ1) is 13.3. The number of pyridine rings is 1. The van der Waals surface area contributed by atoms with Crippen molar-refractivity contribution < 1.29 is 0 Å². The van der Waals surface area contributed by atoms with E-state index in [1.807, 2.05) is 12.3 Å². The zero-order valence-electron chi connectivity index (χ0n) is 14.9. The summed E-state index contributed by atoms with van der Waals surface area (Å²) in [5, 5.41) is 9.29. The number of nitrogens with two attached hydrogens (primary N) is 1. The number of nitrogens with one attached hydrogen (secondary N) is 1. The van der Waals surface area contributed by atoms with E-state index in [0.717, 1.165) is 47.6 Å². The summed E-state index contributed by atoms with van der Waals surface area (Å²) in [6, 6.07) is 15.0. The van der Waals surface area contributed by atoms with Crippen LogP contribution < -0.4 is 11.1 Å². The van der Waals surface area contributed by atoms with Gasteiger partial charge < -0.3 is 11.1 Å². The Hall–Kier alpha value is -2.70. The Morgan fingerprint density at radius 3 is 2.81 bits per heavy atom. The fourth-order valence-electron chi connectivity index (χ4n) is 3.74. The molecule has 0 radical (unpaired) electrons. The van der Waals surface area contributed by atoms with E-state index in [1.54, 1.807) is 11.3 Å². The first-order valence-electron chi connectivity index (χ1n) is 9.29. The van der Waals surface area contributed by atoms with Crippen molar-refractivity contribution in [2.45, 2.75) is 18.9 Å². The molecule has 0 amide bonds. The quantitative estimate of drug-likeness (QED) is 0.559. The molecule has 1 aliphatic heterocycles. The van der Waals surface area contributed by atoms with Gasteiger partial charge in [-0.1, -0.05) is 18.2 Å². The summed E-state index contributed by atoms with van der Waals surface area (Å²) in [5.74, 6) is 0.539. The predicted molar refractivity (Wildman–Crippen MR) is 112 cm³/mol. The Kier molecular flexibility index (Phi) is 4.14. The summed E-state index contributed by atoms with van der Waals surface area (Å²) in [6.45, 7) is 2.10. The van der Waals surface area contributed by atoms with Gasteiger partial charge in [-0.15, -0.1) is 11.3 Å². The number of benzene rings is 1. The van der Waals surface area contributed by atoms with Crippen LogP contribution in [0, 0.1) is 0 Å². The average molecular weight is 376 g/mol. The van der Waals surface area contributed by atoms with Crippen molar-refractivity contribution in [3.63, 3.8) is 0 Å². The molecule has 1 fully saturated rings. The number of piperidine rings is 1. The number of thiophene rings is 1. The van der Waals surface area contributed by atoms with Gasteiger partial charge in [0.1, 0.15) is 5.82 Å². The first-order valence-corrected chi connectivity index (χ1v) is 10.1. The first kappa shape index (κ1) is 16.5. The van der Waals surface area contributed by atoms with E-state index in [0.29, 0.717) is 11.9 Å². The lowest BCUT2D eigenvalue weighted by atomic mass is 10.1. The van der Waals surface area contributed by atoms with Crippen LogP contribution in [0.2, 0.25) is 0 Å². The van der Waals surface area contributed by atoms with Crippen LogP contribution in [0.5, 0.6) is 0 Å². The molecule has 5 nitrogen and oxygen atoms in total. The molecule has 6 heteroatoms. The number of hydrogen-bond acceptors (Lipinski definition) is 5. The Bertz CT molecular complexity index is 1060. The van der Waals surface area contributed by atoms with Gasteiger partial charge in [-0.3, -0.25) is 4.68 Å². The molecule has 0 aliphatic carbocycles. The van der Waals surface area contributed by atoms with Gasteiger partial charge in [-0.05, 0) is 55.6 Å². The van der Waals surface area contributed by atoms with Gasteiger partial charge >= 0.3 is 0 Å². The van der Waals surface area contributed by atoms with Crippen molar-refractivity contribution in [3.8, 4) is 21.7 Å². The summed E-state index contributed by atoms with van der Waals surface area (Å²) >= 11 is 1.75. The Labute approximate surface area is 161 Å². The van der Waals surface area contributed by atoms with Crippen LogP contribution in [0.3, 0.4) is 0 Å². The highest BCUT2D eigenvalue weighted by molar-refractivity contribution is 7.22. The zero-order valence-corrected chi connectivity index (χ0v) is 15.7. The maximum absolute atomic E-state index is 6.03. The second-order valence-electron chi connectivity index (χ2n) is 6.97. The number of aromatic nitrogens is 3. The zero-order chi connectivity index (χ0) is 18.2. The highest BCUT2D eigenvalue weighted by Gasteiger charge is 2.18. The number of hydrogen-bond donors (Lipinski definition) is 2. The highest BCUT2D eigenvalue weighted by Crippen LogP contribution is 2.38. The van der Waals surface area contributed by atoms with E-state index < -0.39 is 0 Å². The summed E-state index contributed by atoms with van der Waals surface area (Å²) in [5.41, 5.74) is 9.13. The normalized spacial score (nSPS) is 15.4. The van der Waals surface area contributed by atoms with Crippen molar-refractivity contribution in [1.82, 2.24) is 20.1 Å². The summed E-state index contributed by atoms with van der Waals surface area (Å²) in [7, 11) is 0. The van der Waals surface area contributed by atoms with Gasteiger partial charge in [0.2, 0.25) is 0 Å². The standard InChI is InChI=1S/C21H21N5S/c22-20-6-5-17(15-12-24-26(13-15)16-7-9-23-10-8-16)21(25-20)19-11-14-3-1-2-4-18(14)27-19/h1-6,11-13,16,23H,7-10H2,(H2,22,25). The van der Waals surface area contributed by atoms with E-state index in [-0.39, 0.29) is 0 Å². The number of nitrogen functional groups attached to an aromatic ring is 1. The van der Waals surface area contributed by atoms with E-state index in [1.165, 1.54) is 10.1 Å². The van der Waals surface area contributed by atoms with E-state index in [4.69, 9.17) is 5.73 Å². The molecule has 1 aromatic carbocycles. The van der Waals surface area contributed by atoms with Crippen LogP contribution in [0.1, 0.15) is 18.9 Å². The van der Waals surface area contributed by atoms with E-state index in [2.05, 4.69) is 62.7 Å². The number of nitrogens with zero attached hydrogens (tertiary/aromatic N) is 3. The Morgan fingerprint density at radius 2 is 1.96 bits per heavy atom. The Morgan fingerprint density at radius 1 is 1.11 bits per heavy atom. The lowest BCUT2D eigenvalue weighted by Gasteiger charge is -2.22. The minimum Gasteiger partial charge on any atom is -0.384 e. The molecular weight excluding hydrogens is 354 g/mol. The molecular formula is C21H21N5S. The molecule has 5 rings (SSSR count). The van der Waals surface area contributed by atoms with Crippen LogP contribution >= 0.6 is 11.3 Å². The summed E-state index contributed by atoms with van der Waals surface area (Å²) in [6.07, 6.45) is 6.33. The van der Waals surface area contributed by atoms with Gasteiger partial charge in [0, 0.05) is 22.0 Å². The molecule has 0 saturated carbocycles. The van der Waals surface area contributed by atoms with Gasteiger partial charge in [0.25, 0.3) is 0 Å². The third-order valence-corrected chi connectivity index (χ3v) is 6.29. The van der Waals surface area contributed by atoms with Crippen LogP contribution in [0.15, 0.2) is 54.9 Å². The third-order valence-electron chi connectivity index (χ3n) is 5.17. The van der Waals surface area contributed by atoms with Gasteiger partial charge in [0.15, 0.2) is 0 Å². The maximum Gasteiger partial charge on any atom is 0.124 e. The van der Waals surface area contributed by atoms with Crippen molar-refractivity contribution in [2.75, 3.05) is 18.8 Å². The second-order valence-corrected chi connectivity index (χ2v) is 8.05. The lowest BCUT2D eigenvalue weighted by molar-refractivity contribution is 0.343. The minimum absolute atomic E-state index is 0.467. The largest absolute Gasteiger partial charge is 0.384 e. The van der Waals surface area contributed by atoms with Crippen molar-refractivity contribution in [1.29, 1.82) is 0 Å². The molecule has 0 spiro atoms. The molecule has 4 heterocycles. The SMILES string of the molecule is Nc1ccc(-c2cnn(C3CCNCC3)c2)c(-c2cc3ccccc3s2)n1. The Balaban J connectivity index is 1.58. The van der Waals surface area contributed by atoms with Crippen LogP contribution in [-0.4, -0.2) is 27.9 Å². The van der Waals surface area contributed by atoms with Crippen LogP contribution in [0.4, 0.5) is 5.82 Å². The molecule has 1 aliphatic rings. The predicted octanol–water partition coefficient (Wildman–Crippen LogP) is 4.33. The molecule has 0 atom stereocenters. The third kappa shape index (κ3) is 3.11. The fraction of sp³-hybridized carbons (Fsp3) is 0.238. The van der Waals surface area contributed by atoms with E-state index >= 15 is 0 Å². The minimum atomic E-state index is 0.467. The fourth-order valence-corrected chi connectivity index (χ4v) is 4.81. The summed E-state index contributed by atoms with van der Waals surface area (Å²) in [4.78, 5) is 5.81. The van der Waals surface area contributed by atoms with Gasteiger partial charge in [0.05, 0.1) is 22.8 Å². The molecule has 0 bridgehead atoms. The molecule has 27 heavy (non-hydrogen) atoms. The molecule has 3 N–H and O–H groups in total. The second kappa shape index (κ2) is 6.79. The van der Waals surface area contributed by atoms with Crippen molar-refractivity contribution in [2.24, 2.45) is 0 Å². The van der Waals surface area contributed by atoms with Crippen LogP contribution in [-0.2, 0) is 0 Å². The molecule has 4 aromatic rings. The molecule has 3 aromatic heterocycles. The molecule has 0 unspecified atom stereocenters. The molecule has 136 valence electrons. The maximum atomic E-state index is 6.03. The van der Waals surface area contributed by atoms with Crippen LogP contribution in [0.25, 0.3) is 31.8 Å². The lowest BCUT2D eigenvalue weighted by Crippen LogP contribution is -2.29. The smallest absolute Gasteiger partial charge is 0.124 e. The number of anilines is 1. The van der Waals surface area contributed by atoms with Gasteiger partial charge in [-0.25, -0.2) is 4.98 Å². The summed E-state index contributed by atoms with van der Waals surface area (Å²) < 4.78 is 3.37. The highest BCUT2D eigenvalue weighted by atomic mass is 32.1. The monoisotopic (exact) mass is 375 g/mol. The molecule has 1 saturated heterocycles. The van der Waals surface area contributed by atoms with Crippen molar-refractivity contribution in [3.05, 3.63) is 54.9 Å². The van der Waals surface area contributed by atoms with Crippen molar-refractivity contribution >= 4 is 27.2 Å². The van der Waals surface area contributed by atoms with Gasteiger partial charge in [-0.2, -0.15) is 5.10 Å². The topological polar surface area (TPSA) is 68.8 Å². The number of fused-ring (bicyclic) bond motifs is 1. The average Bonchev–Trinajstić information content (AvgIpc) is 3.36. The van der Waals surface area contributed by atoms with E-state index in [9.17, 15) is 0 Å². The number of rotatable bonds is 3.